The van der Waals surface area contributed by atoms with E-state index in [-0.39, 0.29) is 29.9 Å². The van der Waals surface area contributed by atoms with E-state index >= 15 is 0 Å². The average molecular weight is 558 g/mol. The summed E-state index contributed by atoms with van der Waals surface area (Å²) >= 11 is 0. The molecule has 1 fully saturated rings. The molecule has 0 aliphatic heterocycles. The van der Waals surface area contributed by atoms with E-state index in [0.717, 1.165) is 30.3 Å². The van der Waals surface area contributed by atoms with Crippen LogP contribution in [0.25, 0.3) is 0 Å². The molecule has 0 bridgehead atoms. The second-order valence-electron chi connectivity index (χ2n) is 8.55. The summed E-state index contributed by atoms with van der Waals surface area (Å²) in [5, 5.41) is 12.7. The number of hydrogen-bond donors (Lipinski definition) is 3. The molecule has 0 unspecified atom stereocenters. The van der Waals surface area contributed by atoms with Gasteiger partial charge in [0.15, 0.2) is 5.78 Å². The molecule has 0 spiro atoms. The second-order valence-corrected chi connectivity index (χ2v) is 10.1. The van der Waals surface area contributed by atoms with Crippen molar-refractivity contribution in [1.82, 2.24) is 19.3 Å². The molecular formula is C23H23F4N5O5S. The minimum atomic E-state index is -4.74. The van der Waals surface area contributed by atoms with Gasteiger partial charge in [-0.1, -0.05) is 30.3 Å². The molecule has 0 saturated heterocycles. The molecule has 10 nitrogen and oxygen atoms in total. The van der Waals surface area contributed by atoms with Crippen molar-refractivity contribution in [2.24, 2.45) is 0 Å². The molecule has 204 valence electrons. The summed E-state index contributed by atoms with van der Waals surface area (Å²) in [6.45, 7) is -0.139. The van der Waals surface area contributed by atoms with Crippen LogP contribution in [0, 0.1) is 0 Å². The fourth-order valence-electron chi connectivity index (χ4n) is 4.13. The van der Waals surface area contributed by atoms with Crippen LogP contribution in [0.2, 0.25) is 0 Å². The highest BCUT2D eigenvalue weighted by molar-refractivity contribution is 7.84. The number of carbonyl (C=O) groups is 1. The van der Waals surface area contributed by atoms with Crippen LogP contribution >= 0.6 is 0 Å². The van der Waals surface area contributed by atoms with E-state index in [1.54, 1.807) is 30.3 Å². The SMILES string of the molecule is CNS(=O)(=O)O[C@@H]1C[C@@H](Nc2ncncc2C(=O)c2cc(C(F)(F)F)n(Cc3ccccc3)c2)[C@@H](F)[C@@H]1O. The molecule has 1 saturated carbocycles. The Bertz CT molecular complexity index is 1400. The molecule has 15 heteroatoms. The Hall–Kier alpha value is -3.40. The first kappa shape index (κ1) is 27.6. The Labute approximate surface area is 214 Å². The molecule has 38 heavy (non-hydrogen) atoms. The number of nitrogens with one attached hydrogen (secondary N) is 2. The molecular weight excluding hydrogens is 534 g/mol. The third kappa shape index (κ3) is 6.01. The molecule has 1 aliphatic carbocycles. The number of alkyl halides is 4. The van der Waals surface area contributed by atoms with Crippen LogP contribution in [0.1, 0.15) is 33.6 Å². The summed E-state index contributed by atoms with van der Waals surface area (Å²) < 4.78 is 86.9. The van der Waals surface area contributed by atoms with Crippen LogP contribution in [0.4, 0.5) is 23.4 Å². The number of aliphatic hydroxyl groups is 1. The zero-order valence-electron chi connectivity index (χ0n) is 19.8. The molecule has 0 amide bonds. The highest BCUT2D eigenvalue weighted by atomic mass is 32.2. The quantitative estimate of drug-likeness (QED) is 0.270. The number of aliphatic hydroxyl groups excluding tert-OH is 1. The maximum Gasteiger partial charge on any atom is 0.431 e. The van der Waals surface area contributed by atoms with E-state index in [9.17, 15) is 35.9 Å². The standard InChI is InChI=1S/C23H23F4N5O5S/c1-28-38(35,36)37-17-8-16(19(24)21(17)34)31-22-15(9-29-12-30-22)20(33)14-7-18(23(25,26)27)32(11-14)10-13-5-3-2-4-6-13/h2-7,9,11-12,16-17,19,21,28,34H,8,10H2,1H3,(H,29,30,31)/t16-,17-,19-,21-/m1/s1. The summed E-state index contributed by atoms with van der Waals surface area (Å²) in [6.07, 6.45) is -7.12. The summed E-state index contributed by atoms with van der Waals surface area (Å²) in [7, 11) is -3.15. The van der Waals surface area contributed by atoms with Crippen molar-refractivity contribution >= 4 is 21.9 Å². The van der Waals surface area contributed by atoms with E-state index in [4.69, 9.17) is 4.18 Å². The molecule has 4 atom stereocenters. The predicted molar refractivity (Wildman–Crippen MR) is 126 cm³/mol. The van der Waals surface area contributed by atoms with Gasteiger partial charge in [-0.2, -0.15) is 26.3 Å². The van der Waals surface area contributed by atoms with Crippen LogP contribution < -0.4 is 10.0 Å². The number of nitrogens with zero attached hydrogens (tertiary/aromatic N) is 3. The molecule has 4 rings (SSSR count). The highest BCUT2D eigenvalue weighted by Crippen LogP contribution is 2.33. The minimum Gasteiger partial charge on any atom is -0.387 e. The number of carbonyl (C=O) groups excluding carboxylic acids is 1. The van der Waals surface area contributed by atoms with Gasteiger partial charge in [0.1, 0.15) is 36.2 Å². The van der Waals surface area contributed by atoms with Crippen molar-refractivity contribution < 1.29 is 40.1 Å². The van der Waals surface area contributed by atoms with Gasteiger partial charge >= 0.3 is 16.5 Å². The van der Waals surface area contributed by atoms with Crippen LogP contribution in [-0.2, 0) is 27.2 Å². The smallest absolute Gasteiger partial charge is 0.387 e. The largest absolute Gasteiger partial charge is 0.431 e. The van der Waals surface area contributed by atoms with Crippen molar-refractivity contribution in [2.45, 2.75) is 43.6 Å². The number of halogens is 4. The Kier molecular flexibility index (Phi) is 7.83. The lowest BCUT2D eigenvalue weighted by Gasteiger charge is -2.17. The fourth-order valence-corrected chi connectivity index (χ4v) is 4.75. The Morgan fingerprint density at radius 3 is 2.63 bits per heavy atom. The summed E-state index contributed by atoms with van der Waals surface area (Å²) in [6, 6.07) is 7.87. The second kappa shape index (κ2) is 10.8. The van der Waals surface area contributed by atoms with Crippen molar-refractivity contribution in [2.75, 3.05) is 12.4 Å². The molecule has 2 heterocycles. The average Bonchev–Trinajstić information content (AvgIpc) is 3.41. The van der Waals surface area contributed by atoms with Crippen molar-refractivity contribution in [3.05, 3.63) is 77.5 Å². The number of aromatic nitrogens is 3. The molecule has 3 aromatic rings. The number of rotatable bonds is 9. The summed E-state index contributed by atoms with van der Waals surface area (Å²) in [5.41, 5.74) is -0.990. The molecule has 2 aromatic heterocycles. The lowest BCUT2D eigenvalue weighted by Crippen LogP contribution is -2.35. The van der Waals surface area contributed by atoms with Crippen molar-refractivity contribution in [3.8, 4) is 0 Å². The first-order valence-corrected chi connectivity index (χ1v) is 12.7. The van der Waals surface area contributed by atoms with E-state index in [0.29, 0.717) is 11.6 Å². The highest BCUT2D eigenvalue weighted by Gasteiger charge is 2.46. The van der Waals surface area contributed by atoms with Crippen LogP contribution in [-0.4, -0.2) is 65.3 Å². The van der Waals surface area contributed by atoms with Gasteiger partial charge in [0.05, 0.1) is 11.6 Å². The van der Waals surface area contributed by atoms with Gasteiger partial charge in [-0.25, -0.2) is 14.4 Å². The maximum absolute atomic E-state index is 14.8. The Morgan fingerprint density at radius 1 is 1.26 bits per heavy atom. The molecule has 1 aliphatic rings. The molecule has 0 radical (unpaired) electrons. The summed E-state index contributed by atoms with van der Waals surface area (Å²) in [5.74, 6) is -1.06. The maximum atomic E-state index is 14.8. The van der Waals surface area contributed by atoms with E-state index in [1.165, 1.54) is 0 Å². The lowest BCUT2D eigenvalue weighted by molar-refractivity contribution is -0.143. The zero-order chi connectivity index (χ0) is 27.7. The van der Waals surface area contributed by atoms with Gasteiger partial charge in [-0.05, 0) is 11.6 Å². The fraction of sp³-hybridized carbons (Fsp3) is 0.348. The molecule has 1 aromatic carbocycles. The topological polar surface area (TPSA) is 135 Å². The van der Waals surface area contributed by atoms with Gasteiger partial charge in [0, 0.05) is 38.0 Å². The third-order valence-electron chi connectivity index (χ3n) is 6.00. The number of ketones is 1. The van der Waals surface area contributed by atoms with Gasteiger partial charge in [0.25, 0.3) is 0 Å². The van der Waals surface area contributed by atoms with Gasteiger partial charge in [-0.3, -0.25) is 8.98 Å². The van der Waals surface area contributed by atoms with E-state index in [2.05, 4.69) is 15.3 Å². The first-order chi connectivity index (χ1) is 17.9. The molecule has 3 N–H and O–H groups in total. The van der Waals surface area contributed by atoms with E-state index < -0.39 is 52.4 Å². The van der Waals surface area contributed by atoms with E-state index in [1.807, 2.05) is 4.72 Å². The number of hydrogen-bond acceptors (Lipinski definition) is 8. The number of benzene rings is 1. The predicted octanol–water partition coefficient (Wildman–Crippen LogP) is 2.31. The van der Waals surface area contributed by atoms with Crippen molar-refractivity contribution in [3.63, 3.8) is 0 Å². The third-order valence-corrected chi connectivity index (χ3v) is 7.00. The minimum absolute atomic E-state index is 0.139. The summed E-state index contributed by atoms with van der Waals surface area (Å²) in [4.78, 5) is 20.9. The van der Waals surface area contributed by atoms with Gasteiger partial charge in [0.2, 0.25) is 0 Å². The van der Waals surface area contributed by atoms with Crippen LogP contribution in [0.15, 0.2) is 55.1 Å². The number of anilines is 1. The Morgan fingerprint density at radius 2 is 1.97 bits per heavy atom. The zero-order valence-corrected chi connectivity index (χ0v) is 20.6. The van der Waals surface area contributed by atoms with Gasteiger partial charge in [-0.15, -0.1) is 0 Å². The monoisotopic (exact) mass is 557 g/mol. The van der Waals surface area contributed by atoms with Gasteiger partial charge < -0.3 is 15.0 Å². The normalized spacial score (nSPS) is 21.9. The lowest BCUT2D eigenvalue weighted by atomic mass is 10.1. The van der Waals surface area contributed by atoms with Crippen LogP contribution in [0.3, 0.4) is 0 Å². The Balaban J connectivity index is 1.60. The van der Waals surface area contributed by atoms with Crippen molar-refractivity contribution in [1.29, 1.82) is 0 Å². The van der Waals surface area contributed by atoms with Crippen LogP contribution in [0.5, 0.6) is 0 Å². The first-order valence-electron chi connectivity index (χ1n) is 11.3.